The molecule has 0 fully saturated rings. The second kappa shape index (κ2) is 7.39. The van der Waals surface area contributed by atoms with E-state index in [1.807, 2.05) is 12.1 Å². The van der Waals surface area contributed by atoms with Gasteiger partial charge in [0.1, 0.15) is 6.61 Å². The summed E-state index contributed by atoms with van der Waals surface area (Å²) in [5, 5.41) is 0. The zero-order valence-corrected chi connectivity index (χ0v) is 14.9. The van der Waals surface area contributed by atoms with E-state index >= 15 is 0 Å². The second-order valence-corrected chi connectivity index (χ2v) is 6.59. The second-order valence-electron chi connectivity index (χ2n) is 6.59. The predicted molar refractivity (Wildman–Crippen MR) is 93.8 cm³/mol. The normalized spacial score (nSPS) is 11.0. The van der Waals surface area contributed by atoms with E-state index in [9.17, 15) is 4.79 Å². The molecule has 4 heteroatoms. The number of hydrogen-bond acceptors (Lipinski definition) is 4. The highest BCUT2D eigenvalue weighted by Crippen LogP contribution is 2.28. The fourth-order valence-electron chi connectivity index (χ4n) is 2.30. The molecule has 0 N–H and O–H groups in total. The zero-order valence-electron chi connectivity index (χ0n) is 14.9. The zero-order chi connectivity index (χ0) is 17.7. The minimum absolute atomic E-state index is 0.106. The number of rotatable bonds is 5. The van der Waals surface area contributed by atoms with Gasteiger partial charge < -0.3 is 14.2 Å². The van der Waals surface area contributed by atoms with Crippen LogP contribution in [0.1, 0.15) is 42.3 Å². The fourth-order valence-corrected chi connectivity index (χ4v) is 2.30. The Morgan fingerprint density at radius 1 is 0.917 bits per heavy atom. The number of hydrogen-bond donors (Lipinski definition) is 0. The minimum atomic E-state index is -0.393. The Morgan fingerprint density at radius 2 is 1.54 bits per heavy atom. The van der Waals surface area contributed by atoms with Crippen LogP contribution in [0.25, 0.3) is 0 Å². The molecule has 4 nitrogen and oxygen atoms in total. The lowest BCUT2D eigenvalue weighted by atomic mass is 9.87. The molecule has 0 radical (unpaired) electrons. The van der Waals surface area contributed by atoms with Crippen molar-refractivity contribution in [2.75, 3.05) is 14.2 Å². The van der Waals surface area contributed by atoms with Crippen molar-refractivity contribution in [1.82, 2.24) is 0 Å². The standard InChI is InChI=1S/C20H24O4/c1-20(2,3)16-9-6-14(7-10-16)13-24-19(21)15-8-11-17(22-4)18(12-15)23-5/h6-12H,13H2,1-5H3. The van der Waals surface area contributed by atoms with Gasteiger partial charge in [0.15, 0.2) is 11.5 Å². The summed E-state index contributed by atoms with van der Waals surface area (Å²) in [5.74, 6) is 0.684. The highest BCUT2D eigenvalue weighted by molar-refractivity contribution is 5.90. The maximum absolute atomic E-state index is 12.2. The van der Waals surface area contributed by atoms with Crippen LogP contribution in [0.4, 0.5) is 0 Å². The first-order chi connectivity index (χ1) is 11.3. The molecule has 0 atom stereocenters. The first-order valence-corrected chi connectivity index (χ1v) is 7.83. The number of benzene rings is 2. The van der Waals surface area contributed by atoms with Crippen molar-refractivity contribution in [3.63, 3.8) is 0 Å². The van der Waals surface area contributed by atoms with Crippen molar-refractivity contribution in [2.45, 2.75) is 32.8 Å². The van der Waals surface area contributed by atoms with Crippen molar-refractivity contribution < 1.29 is 19.0 Å². The van der Waals surface area contributed by atoms with Crippen LogP contribution >= 0.6 is 0 Å². The molecule has 0 aliphatic carbocycles. The summed E-state index contributed by atoms with van der Waals surface area (Å²) in [7, 11) is 3.08. The van der Waals surface area contributed by atoms with Gasteiger partial charge in [-0.3, -0.25) is 0 Å². The lowest BCUT2D eigenvalue weighted by molar-refractivity contribution is 0.0472. The molecular formula is C20H24O4. The molecule has 2 aromatic carbocycles. The molecule has 0 aromatic heterocycles. The van der Waals surface area contributed by atoms with E-state index in [4.69, 9.17) is 14.2 Å². The average Bonchev–Trinajstić information content (AvgIpc) is 2.58. The molecule has 0 saturated heterocycles. The number of ether oxygens (including phenoxy) is 3. The molecule has 0 bridgehead atoms. The monoisotopic (exact) mass is 328 g/mol. The molecule has 2 aromatic rings. The summed E-state index contributed by atoms with van der Waals surface area (Å²) in [6.07, 6.45) is 0. The molecule has 0 aliphatic heterocycles. The summed E-state index contributed by atoms with van der Waals surface area (Å²) >= 11 is 0. The molecule has 128 valence electrons. The Kier molecular flexibility index (Phi) is 5.50. The van der Waals surface area contributed by atoms with Crippen LogP contribution in [0.3, 0.4) is 0 Å². The van der Waals surface area contributed by atoms with Gasteiger partial charge in [0, 0.05) is 0 Å². The highest BCUT2D eigenvalue weighted by Gasteiger charge is 2.14. The Labute approximate surface area is 143 Å². The Hall–Kier alpha value is -2.49. The Morgan fingerprint density at radius 3 is 2.08 bits per heavy atom. The maximum Gasteiger partial charge on any atom is 0.338 e. The molecular weight excluding hydrogens is 304 g/mol. The molecule has 2 rings (SSSR count). The number of methoxy groups -OCH3 is 2. The summed E-state index contributed by atoms with van der Waals surface area (Å²) in [5.41, 5.74) is 2.74. The van der Waals surface area contributed by atoms with E-state index < -0.39 is 5.97 Å². The minimum Gasteiger partial charge on any atom is -0.493 e. The molecule has 0 spiro atoms. The average molecular weight is 328 g/mol. The molecule has 0 aliphatic rings. The smallest absolute Gasteiger partial charge is 0.338 e. The van der Waals surface area contributed by atoms with Gasteiger partial charge in [0.25, 0.3) is 0 Å². The van der Waals surface area contributed by atoms with Gasteiger partial charge in [-0.2, -0.15) is 0 Å². The van der Waals surface area contributed by atoms with Gasteiger partial charge in [-0.1, -0.05) is 45.0 Å². The van der Waals surface area contributed by atoms with Crippen molar-refractivity contribution in [1.29, 1.82) is 0 Å². The lowest BCUT2D eigenvalue weighted by Gasteiger charge is -2.19. The third-order valence-electron chi connectivity index (χ3n) is 3.81. The first kappa shape index (κ1) is 17.9. The van der Waals surface area contributed by atoms with E-state index in [0.717, 1.165) is 5.56 Å². The summed E-state index contributed by atoms with van der Waals surface area (Å²) in [6, 6.07) is 13.1. The van der Waals surface area contributed by atoms with Gasteiger partial charge >= 0.3 is 5.97 Å². The Balaban J connectivity index is 2.03. The predicted octanol–water partition coefficient (Wildman–Crippen LogP) is 4.36. The van der Waals surface area contributed by atoms with E-state index in [0.29, 0.717) is 17.1 Å². The summed E-state index contributed by atoms with van der Waals surface area (Å²) in [4.78, 5) is 12.2. The molecule has 0 amide bonds. The SMILES string of the molecule is COc1ccc(C(=O)OCc2ccc(C(C)(C)C)cc2)cc1OC. The van der Waals surface area contributed by atoms with Crippen LogP contribution in [0.5, 0.6) is 11.5 Å². The molecule has 0 unspecified atom stereocenters. The molecule has 0 saturated carbocycles. The molecule has 24 heavy (non-hydrogen) atoms. The van der Waals surface area contributed by atoms with Gasteiger partial charge in [-0.05, 0) is 34.7 Å². The van der Waals surface area contributed by atoms with Gasteiger partial charge in [0.05, 0.1) is 19.8 Å². The van der Waals surface area contributed by atoms with E-state index in [1.165, 1.54) is 12.7 Å². The largest absolute Gasteiger partial charge is 0.493 e. The van der Waals surface area contributed by atoms with Crippen LogP contribution < -0.4 is 9.47 Å². The van der Waals surface area contributed by atoms with Crippen LogP contribution in [0.15, 0.2) is 42.5 Å². The number of carbonyl (C=O) groups is 1. The number of esters is 1. The van der Waals surface area contributed by atoms with Crippen LogP contribution in [-0.4, -0.2) is 20.2 Å². The van der Waals surface area contributed by atoms with Crippen LogP contribution in [0.2, 0.25) is 0 Å². The fraction of sp³-hybridized carbons (Fsp3) is 0.350. The third kappa shape index (κ3) is 4.28. The van der Waals surface area contributed by atoms with E-state index in [2.05, 4.69) is 32.9 Å². The summed E-state index contributed by atoms with van der Waals surface area (Å²) < 4.78 is 15.7. The van der Waals surface area contributed by atoms with Gasteiger partial charge in [0.2, 0.25) is 0 Å². The van der Waals surface area contributed by atoms with Gasteiger partial charge in [-0.15, -0.1) is 0 Å². The topological polar surface area (TPSA) is 44.8 Å². The van der Waals surface area contributed by atoms with E-state index in [1.54, 1.807) is 25.3 Å². The van der Waals surface area contributed by atoms with Crippen molar-refractivity contribution in [3.8, 4) is 11.5 Å². The lowest BCUT2D eigenvalue weighted by Crippen LogP contribution is -2.11. The maximum atomic E-state index is 12.2. The van der Waals surface area contributed by atoms with E-state index in [-0.39, 0.29) is 12.0 Å². The van der Waals surface area contributed by atoms with Crippen LogP contribution in [-0.2, 0) is 16.8 Å². The molecule has 0 heterocycles. The Bertz CT molecular complexity index is 697. The van der Waals surface area contributed by atoms with Gasteiger partial charge in [-0.25, -0.2) is 4.79 Å². The van der Waals surface area contributed by atoms with Crippen LogP contribution in [0, 0.1) is 0 Å². The van der Waals surface area contributed by atoms with Crippen molar-refractivity contribution in [3.05, 3.63) is 59.2 Å². The third-order valence-corrected chi connectivity index (χ3v) is 3.81. The van der Waals surface area contributed by atoms with Crippen molar-refractivity contribution in [2.24, 2.45) is 0 Å². The highest BCUT2D eigenvalue weighted by atomic mass is 16.5. The van der Waals surface area contributed by atoms with Crippen molar-refractivity contribution >= 4 is 5.97 Å². The number of carbonyl (C=O) groups excluding carboxylic acids is 1. The first-order valence-electron chi connectivity index (χ1n) is 7.83. The summed E-state index contributed by atoms with van der Waals surface area (Å²) in [6.45, 7) is 6.73. The quantitative estimate of drug-likeness (QED) is 0.765.